The number of anilines is 2. The number of halogens is 3. The van der Waals surface area contributed by atoms with E-state index < -0.39 is 29.4 Å². The minimum absolute atomic E-state index is 0.00670. The number of hydrogen-bond acceptors (Lipinski definition) is 6. The molecule has 0 aliphatic carbocycles. The zero-order chi connectivity index (χ0) is 30.4. The second-order valence-electron chi connectivity index (χ2n) is 9.54. The number of alkyl halides is 3. The lowest BCUT2D eigenvalue weighted by Crippen LogP contribution is -2.78. The van der Waals surface area contributed by atoms with Gasteiger partial charge in [-0.25, -0.2) is 19.3 Å². The van der Waals surface area contributed by atoms with Gasteiger partial charge in [-0.05, 0) is 67.8 Å². The summed E-state index contributed by atoms with van der Waals surface area (Å²) in [7, 11) is 1.19. The molecular formula is C30H30F3N6O3+. The van der Waals surface area contributed by atoms with Crippen molar-refractivity contribution >= 4 is 17.6 Å². The number of rotatable bonds is 9. The molecule has 12 heteroatoms. The van der Waals surface area contributed by atoms with Gasteiger partial charge in [-0.2, -0.15) is 18.4 Å². The number of aryl methyl sites for hydroxylation is 1. The Bertz CT molecular complexity index is 1660. The average molecular weight is 580 g/mol. The van der Waals surface area contributed by atoms with Gasteiger partial charge in [-0.1, -0.05) is 24.3 Å². The summed E-state index contributed by atoms with van der Waals surface area (Å²) in [6, 6.07) is 10.7. The summed E-state index contributed by atoms with van der Waals surface area (Å²) in [4.78, 5) is 27.9. The van der Waals surface area contributed by atoms with E-state index in [-0.39, 0.29) is 22.9 Å². The highest BCUT2D eigenvalue weighted by Crippen LogP contribution is 2.43. The van der Waals surface area contributed by atoms with E-state index in [0.717, 1.165) is 24.2 Å². The molecule has 0 bridgehead atoms. The van der Waals surface area contributed by atoms with Crippen molar-refractivity contribution in [3.05, 3.63) is 111 Å². The maximum atomic E-state index is 13.6. The van der Waals surface area contributed by atoms with Gasteiger partial charge >= 0.3 is 17.8 Å². The van der Waals surface area contributed by atoms with Gasteiger partial charge in [0.05, 0.1) is 42.6 Å². The van der Waals surface area contributed by atoms with Gasteiger partial charge in [0.15, 0.2) is 0 Å². The van der Waals surface area contributed by atoms with Crippen molar-refractivity contribution in [1.82, 2.24) is 14.8 Å². The Labute approximate surface area is 240 Å². The van der Waals surface area contributed by atoms with Crippen molar-refractivity contribution in [3.63, 3.8) is 0 Å². The summed E-state index contributed by atoms with van der Waals surface area (Å²) >= 11 is 0. The lowest BCUT2D eigenvalue weighted by Gasteiger charge is -2.36. The number of nitriles is 1. The Morgan fingerprint density at radius 1 is 1.24 bits per heavy atom. The van der Waals surface area contributed by atoms with Crippen LogP contribution in [-0.4, -0.2) is 34.4 Å². The highest BCUT2D eigenvalue weighted by molar-refractivity contribution is 5.93. The van der Waals surface area contributed by atoms with Gasteiger partial charge in [0, 0.05) is 17.8 Å². The van der Waals surface area contributed by atoms with Crippen molar-refractivity contribution in [3.8, 4) is 6.07 Å². The number of methoxy groups -OCH3 is 1. The van der Waals surface area contributed by atoms with E-state index in [2.05, 4.69) is 16.3 Å². The van der Waals surface area contributed by atoms with E-state index in [0.29, 0.717) is 24.0 Å². The topological polar surface area (TPSA) is 121 Å². The maximum Gasteiger partial charge on any atom is 0.416 e. The Morgan fingerprint density at radius 3 is 2.71 bits per heavy atom. The quantitative estimate of drug-likeness (QED) is 0.222. The first-order valence-corrected chi connectivity index (χ1v) is 13.2. The highest BCUT2D eigenvalue weighted by Gasteiger charge is 2.41. The number of aromatic amines is 1. The smallest absolute Gasteiger partial charge is 0.416 e. The highest BCUT2D eigenvalue weighted by atomic mass is 19.4. The van der Waals surface area contributed by atoms with E-state index in [1.807, 2.05) is 36.7 Å². The summed E-state index contributed by atoms with van der Waals surface area (Å²) in [5.41, 5.74) is 0.519. The van der Waals surface area contributed by atoms with Crippen LogP contribution in [0.5, 0.6) is 0 Å². The van der Waals surface area contributed by atoms with Crippen LogP contribution in [0.25, 0.3) is 0 Å². The number of allylic oxidation sites excluding steroid dienone is 4. The van der Waals surface area contributed by atoms with Crippen LogP contribution in [0.15, 0.2) is 83.0 Å². The number of nitrogens with zero attached hydrogens (tertiary/aromatic N) is 4. The number of H-pyrrole nitrogens is 1. The molecule has 0 fully saturated rings. The van der Waals surface area contributed by atoms with E-state index in [9.17, 15) is 28.0 Å². The average Bonchev–Trinajstić information content (AvgIpc) is 3.35. The Kier molecular flexibility index (Phi) is 9.12. The zero-order valence-electron chi connectivity index (χ0n) is 23.3. The lowest BCUT2D eigenvalue weighted by molar-refractivity contribution is -0.588. The van der Waals surface area contributed by atoms with Crippen molar-refractivity contribution in [2.24, 2.45) is 0 Å². The molecule has 1 unspecified atom stereocenters. The van der Waals surface area contributed by atoms with Crippen molar-refractivity contribution < 1.29 is 28.0 Å². The standard InChI is InChI=1S/C30H29F3N6O3/c1-4-5-6-14-35-15-8-9-21-16-20(18-34)12-13-24(21)26-25(27(40)42-3)19(2)38(28-36-37-29(41)39(26)28)23-11-7-10-22(17-23)30(31,32)33/h4-7,10-14,16-17,26,35H,8-9,15H2,1-3H3,(H,37,41)/p+1. The van der Waals surface area contributed by atoms with Crippen LogP contribution in [0, 0.1) is 11.3 Å². The molecular weight excluding hydrogens is 549 g/mol. The van der Waals surface area contributed by atoms with E-state index in [1.54, 1.807) is 25.1 Å². The van der Waals surface area contributed by atoms with Gasteiger partial charge < -0.3 is 10.1 Å². The normalized spacial score (nSPS) is 15.4. The summed E-state index contributed by atoms with van der Waals surface area (Å²) in [5, 5.41) is 18.1. The largest absolute Gasteiger partial charge is 0.466 e. The lowest BCUT2D eigenvalue weighted by atomic mass is 9.88. The first-order chi connectivity index (χ1) is 20.1. The van der Waals surface area contributed by atoms with E-state index in [1.165, 1.54) is 28.7 Å². The van der Waals surface area contributed by atoms with Gasteiger partial charge in [-0.3, -0.25) is 4.90 Å². The number of carbonyl (C=O) groups is 1. The number of esters is 1. The summed E-state index contributed by atoms with van der Waals surface area (Å²) in [6.45, 7) is 4.24. The number of nitrogens with two attached hydrogens (primary N) is 1. The molecule has 3 aromatic rings. The molecule has 1 aliphatic rings. The number of nitrogens with one attached hydrogen (secondary N) is 1. The summed E-state index contributed by atoms with van der Waals surface area (Å²) < 4.78 is 47.1. The van der Waals surface area contributed by atoms with E-state index >= 15 is 0 Å². The molecule has 1 aliphatic heterocycles. The number of ether oxygens (including phenoxy) is 1. The van der Waals surface area contributed by atoms with Crippen LogP contribution in [0.1, 0.15) is 48.6 Å². The third-order valence-electron chi connectivity index (χ3n) is 6.91. The number of benzene rings is 2. The predicted octanol–water partition coefficient (Wildman–Crippen LogP) is 4.24. The van der Waals surface area contributed by atoms with Crippen LogP contribution < -0.4 is 15.9 Å². The molecule has 218 valence electrons. The molecule has 2 aromatic carbocycles. The fourth-order valence-corrected chi connectivity index (χ4v) is 5.00. The van der Waals surface area contributed by atoms with Gasteiger partial charge in [-0.15, -0.1) is 5.10 Å². The molecule has 9 nitrogen and oxygen atoms in total. The van der Waals surface area contributed by atoms with Crippen molar-refractivity contribution in [2.75, 3.05) is 18.6 Å². The molecule has 0 saturated carbocycles. The molecule has 0 saturated heterocycles. The maximum absolute atomic E-state index is 13.6. The number of quaternary nitrogens is 1. The van der Waals surface area contributed by atoms with Crippen molar-refractivity contribution in [2.45, 2.75) is 38.9 Å². The van der Waals surface area contributed by atoms with Crippen LogP contribution in [0.3, 0.4) is 0 Å². The minimum atomic E-state index is -4.61. The Morgan fingerprint density at radius 2 is 2.02 bits per heavy atom. The molecule has 0 spiro atoms. The molecule has 0 radical (unpaired) electrons. The fourth-order valence-electron chi connectivity index (χ4n) is 5.00. The van der Waals surface area contributed by atoms with Gasteiger partial charge in [0.1, 0.15) is 6.04 Å². The third-order valence-corrected chi connectivity index (χ3v) is 6.91. The second kappa shape index (κ2) is 12.7. The first kappa shape index (κ1) is 30.1. The Hall–Kier alpha value is -4.89. The molecule has 0 amide bonds. The molecule has 3 N–H and O–H groups in total. The second-order valence-corrected chi connectivity index (χ2v) is 9.54. The summed E-state index contributed by atoms with van der Waals surface area (Å²) in [5.74, 6) is -0.752. The zero-order valence-corrected chi connectivity index (χ0v) is 23.3. The monoisotopic (exact) mass is 579 g/mol. The van der Waals surface area contributed by atoms with Crippen LogP contribution in [-0.2, 0) is 22.1 Å². The number of carbonyl (C=O) groups excluding carboxylic acids is 1. The summed E-state index contributed by atoms with van der Waals surface area (Å²) in [6.07, 6.45) is 4.33. The Balaban J connectivity index is 1.86. The first-order valence-electron chi connectivity index (χ1n) is 13.2. The number of fused-ring (bicyclic) bond motifs is 1. The predicted molar refractivity (Wildman–Crippen MR) is 150 cm³/mol. The number of hydrogen-bond donors (Lipinski definition) is 2. The molecule has 1 aromatic heterocycles. The third kappa shape index (κ3) is 6.06. The number of aromatic nitrogens is 3. The fraction of sp³-hybridized carbons (Fsp3) is 0.267. The molecule has 4 rings (SSSR count). The van der Waals surface area contributed by atoms with E-state index in [4.69, 9.17) is 4.74 Å². The van der Waals surface area contributed by atoms with Crippen LogP contribution in [0.4, 0.5) is 24.8 Å². The van der Waals surface area contributed by atoms with Gasteiger partial charge in [0.25, 0.3) is 0 Å². The molecule has 1 atom stereocenters. The molecule has 2 heterocycles. The van der Waals surface area contributed by atoms with Crippen molar-refractivity contribution in [1.29, 1.82) is 5.26 Å². The van der Waals surface area contributed by atoms with Crippen LogP contribution >= 0.6 is 0 Å². The van der Waals surface area contributed by atoms with Gasteiger partial charge in [0.2, 0.25) is 5.95 Å². The SMILES string of the molecule is CC=CC=C[NH2+]CCCc1cc(C#N)ccc1C1C(C(=O)OC)=C(C)N(c2cccc(C(F)(F)F)c2)c2n[nH]c(=O)n21. The molecule has 42 heavy (non-hydrogen) atoms. The minimum Gasteiger partial charge on any atom is -0.466 e. The van der Waals surface area contributed by atoms with Crippen LogP contribution in [0.2, 0.25) is 0 Å².